The Labute approximate surface area is 314 Å². The van der Waals surface area contributed by atoms with Gasteiger partial charge in [-0.15, -0.1) is 0 Å². The van der Waals surface area contributed by atoms with Gasteiger partial charge in [-0.3, -0.25) is 33.3 Å². The Morgan fingerprint density at radius 2 is 1.54 bits per heavy atom. The zero-order valence-corrected chi connectivity index (χ0v) is 31.9. The molecule has 19 heteroatoms. The highest BCUT2D eigenvalue weighted by Gasteiger charge is 2.37. The van der Waals surface area contributed by atoms with E-state index in [1.807, 2.05) is 51.1 Å². The van der Waals surface area contributed by atoms with Gasteiger partial charge in [-0.05, 0) is 37.7 Å². The van der Waals surface area contributed by atoms with Gasteiger partial charge >= 0.3 is 0 Å². The van der Waals surface area contributed by atoms with Crippen LogP contribution in [0.3, 0.4) is 0 Å². The van der Waals surface area contributed by atoms with Crippen LogP contribution in [0.1, 0.15) is 71.2 Å². The number of carbonyl (C=O) groups excluding carboxylic acids is 6. The van der Waals surface area contributed by atoms with Crippen molar-refractivity contribution in [1.82, 2.24) is 35.7 Å². The molecular weight excluding hydrogens is 724 g/mol. The molecule has 54 heavy (non-hydrogen) atoms. The molecule has 1 aromatic carbocycles. The van der Waals surface area contributed by atoms with Gasteiger partial charge in [0.1, 0.15) is 30.2 Å². The molecule has 0 radical (unpaired) electrons. The summed E-state index contributed by atoms with van der Waals surface area (Å²) in [5.74, 6) is -6.83. The molecule has 2 heterocycles. The number of nitrogens with one attached hydrogen (secondary N) is 4. The Balaban J connectivity index is 1.92. The van der Waals surface area contributed by atoms with Gasteiger partial charge < -0.3 is 41.6 Å². The number of benzene rings is 1. The minimum atomic E-state index is -4.56. The van der Waals surface area contributed by atoms with Crippen LogP contribution in [0, 0.1) is 11.8 Å². The number of carbonyl (C=O) groups is 6. The molecule has 1 fully saturated rings. The summed E-state index contributed by atoms with van der Waals surface area (Å²) >= 11 is 0. The lowest BCUT2D eigenvalue weighted by Gasteiger charge is -2.29. The number of hydrogen-bond donors (Lipinski definition) is 7. The first-order valence-corrected chi connectivity index (χ1v) is 19.3. The number of amides is 6. The van der Waals surface area contributed by atoms with Crippen LogP contribution in [0.4, 0.5) is 0 Å². The smallest absolute Gasteiger partial charge is 0.265 e. The molecule has 1 aromatic heterocycles. The summed E-state index contributed by atoms with van der Waals surface area (Å²) in [5.41, 5.74) is 6.82. The van der Waals surface area contributed by atoms with Crippen LogP contribution in [0.2, 0.25) is 0 Å². The molecule has 0 bridgehead atoms. The third kappa shape index (κ3) is 12.3. The van der Waals surface area contributed by atoms with Gasteiger partial charge in [-0.2, -0.15) is 8.42 Å². The molecule has 0 saturated carbocycles. The molecule has 1 aliphatic rings. The minimum Gasteiger partial charge on any atom is -0.394 e. The fourth-order valence-electron chi connectivity index (χ4n) is 6.45. The number of imidazole rings is 1. The molecule has 1 aliphatic heterocycles. The molecular formula is C35H52N8O10S. The predicted molar refractivity (Wildman–Crippen MR) is 196 cm³/mol. The lowest BCUT2D eigenvalue weighted by molar-refractivity contribution is -0.138. The number of aliphatic hydroxyl groups excluding tert-OH is 1. The molecule has 7 atom stereocenters. The quantitative estimate of drug-likeness (QED) is 0.0854. The van der Waals surface area contributed by atoms with E-state index in [4.69, 9.17) is 5.73 Å². The van der Waals surface area contributed by atoms with E-state index in [1.165, 1.54) is 24.9 Å². The summed E-state index contributed by atoms with van der Waals surface area (Å²) in [6.45, 7) is 7.66. The highest BCUT2D eigenvalue weighted by molar-refractivity contribution is 7.85. The summed E-state index contributed by atoms with van der Waals surface area (Å²) in [6.07, 6.45) is 4.14. The standard InChI is InChI=1S/C35H52N8O10S/c1-20(2)14-26(39-35(50)29-12-9-13-42(29)23(5)45)32(47)38-27(15-25-16-37-19-43(25)22(4)24-10-7-6-8-11-24)33(48)40-28(17-44)34(49)41-30(31(36)46)21(3)18-54(51,52)53/h6-8,10-11,16,19-22,26-30,44H,9,12-15,17-18H2,1-5H3,(H2,36,46)(H,38,47)(H,39,50)(H,40,48)(H,41,49)(H,51,52,53)/t21-,22?,26-,27-,28-,29-,30-/m0/s1. The number of aromatic nitrogens is 2. The van der Waals surface area contributed by atoms with Crippen molar-refractivity contribution in [2.45, 2.75) is 96.6 Å². The largest absolute Gasteiger partial charge is 0.394 e. The summed E-state index contributed by atoms with van der Waals surface area (Å²) < 4.78 is 33.9. The number of hydrogen-bond acceptors (Lipinski definition) is 10. The van der Waals surface area contributed by atoms with Gasteiger partial charge in [0.2, 0.25) is 35.4 Å². The Kier molecular flexibility index (Phi) is 15.7. The van der Waals surface area contributed by atoms with E-state index >= 15 is 0 Å². The van der Waals surface area contributed by atoms with E-state index in [-0.39, 0.29) is 30.7 Å². The average molecular weight is 777 g/mol. The van der Waals surface area contributed by atoms with Crippen molar-refractivity contribution in [1.29, 1.82) is 0 Å². The third-order valence-corrected chi connectivity index (χ3v) is 10.2. The van der Waals surface area contributed by atoms with Crippen LogP contribution in [0.15, 0.2) is 42.9 Å². The molecule has 6 amide bonds. The Bertz CT molecular complexity index is 1750. The van der Waals surface area contributed by atoms with Crippen molar-refractivity contribution in [2.24, 2.45) is 17.6 Å². The molecule has 298 valence electrons. The van der Waals surface area contributed by atoms with Crippen LogP contribution in [0.5, 0.6) is 0 Å². The first-order chi connectivity index (χ1) is 25.3. The second-order valence-electron chi connectivity index (χ2n) is 14.1. The topological polar surface area (TPSA) is 272 Å². The number of aliphatic hydroxyl groups is 1. The number of nitrogens with zero attached hydrogens (tertiary/aromatic N) is 3. The summed E-state index contributed by atoms with van der Waals surface area (Å²) in [6, 6.07) is 2.60. The van der Waals surface area contributed by atoms with Gasteiger partial charge in [0, 0.05) is 37.7 Å². The van der Waals surface area contributed by atoms with Crippen LogP contribution in [-0.4, -0.2) is 117 Å². The SMILES string of the molecule is CC(=O)N1CCC[C@H]1C(=O)N[C@@H](CC(C)C)C(=O)N[C@@H](Cc1cncn1C(C)c1ccccc1)C(=O)N[C@@H](CO)C(=O)N[C@H](C(N)=O)[C@@H](C)CS(=O)(=O)O. The van der Waals surface area contributed by atoms with E-state index < -0.39 is 88.1 Å². The van der Waals surface area contributed by atoms with Crippen molar-refractivity contribution in [3.05, 3.63) is 54.1 Å². The normalized spacial score (nSPS) is 17.8. The van der Waals surface area contributed by atoms with Crippen LogP contribution >= 0.6 is 0 Å². The maximum atomic E-state index is 14.0. The Morgan fingerprint density at radius 1 is 0.926 bits per heavy atom. The molecule has 3 rings (SSSR count). The zero-order valence-electron chi connectivity index (χ0n) is 31.1. The molecule has 8 N–H and O–H groups in total. The number of likely N-dealkylation sites (tertiary alicyclic amines) is 1. The number of nitrogens with two attached hydrogens (primary N) is 1. The average Bonchev–Trinajstić information content (AvgIpc) is 3.78. The minimum absolute atomic E-state index is 0.0853. The lowest BCUT2D eigenvalue weighted by Crippen LogP contribution is -2.60. The predicted octanol–water partition coefficient (Wildman–Crippen LogP) is -0.967. The van der Waals surface area contributed by atoms with Gasteiger partial charge in [0.05, 0.1) is 24.7 Å². The lowest BCUT2D eigenvalue weighted by atomic mass is 10.0. The van der Waals surface area contributed by atoms with Gasteiger partial charge in [-0.1, -0.05) is 51.1 Å². The van der Waals surface area contributed by atoms with Crippen molar-refractivity contribution in [2.75, 3.05) is 18.9 Å². The molecule has 2 aromatic rings. The Hall–Kier alpha value is -4.88. The summed E-state index contributed by atoms with van der Waals surface area (Å²) in [4.78, 5) is 84.5. The fraction of sp³-hybridized carbons (Fsp3) is 0.571. The van der Waals surface area contributed by atoms with Gasteiger partial charge in [0.15, 0.2) is 0 Å². The highest BCUT2D eigenvalue weighted by Crippen LogP contribution is 2.21. The summed E-state index contributed by atoms with van der Waals surface area (Å²) in [7, 11) is -4.56. The molecule has 18 nitrogen and oxygen atoms in total. The van der Waals surface area contributed by atoms with Gasteiger partial charge in [0.25, 0.3) is 10.1 Å². The molecule has 0 spiro atoms. The highest BCUT2D eigenvalue weighted by atomic mass is 32.2. The van der Waals surface area contributed by atoms with E-state index in [0.29, 0.717) is 25.1 Å². The van der Waals surface area contributed by atoms with E-state index in [9.17, 15) is 46.8 Å². The van der Waals surface area contributed by atoms with Gasteiger partial charge in [-0.25, -0.2) is 4.98 Å². The van der Waals surface area contributed by atoms with Crippen LogP contribution in [-0.2, 0) is 45.3 Å². The first kappa shape index (κ1) is 43.5. The Morgan fingerprint density at radius 3 is 2.11 bits per heavy atom. The number of primary amides is 1. The second-order valence-corrected chi connectivity index (χ2v) is 15.6. The van der Waals surface area contributed by atoms with E-state index in [1.54, 1.807) is 10.9 Å². The van der Waals surface area contributed by atoms with Crippen molar-refractivity contribution in [3.63, 3.8) is 0 Å². The van der Waals surface area contributed by atoms with Crippen molar-refractivity contribution >= 4 is 45.6 Å². The molecule has 1 saturated heterocycles. The summed E-state index contributed by atoms with van der Waals surface area (Å²) in [5, 5.41) is 20.2. The van der Waals surface area contributed by atoms with Crippen molar-refractivity contribution < 1.29 is 46.8 Å². The first-order valence-electron chi connectivity index (χ1n) is 17.7. The maximum Gasteiger partial charge on any atom is 0.265 e. The molecule has 1 unspecified atom stereocenters. The number of rotatable bonds is 19. The van der Waals surface area contributed by atoms with Crippen LogP contribution in [0.25, 0.3) is 0 Å². The monoisotopic (exact) mass is 776 g/mol. The zero-order chi connectivity index (χ0) is 40.3. The fourth-order valence-corrected chi connectivity index (χ4v) is 7.31. The maximum absolute atomic E-state index is 14.0. The van der Waals surface area contributed by atoms with Crippen LogP contribution < -0.4 is 27.0 Å². The van der Waals surface area contributed by atoms with E-state index in [2.05, 4.69) is 26.3 Å². The van der Waals surface area contributed by atoms with E-state index in [0.717, 1.165) is 5.56 Å². The van der Waals surface area contributed by atoms with Crippen molar-refractivity contribution in [3.8, 4) is 0 Å². The second kappa shape index (κ2) is 19.4. The third-order valence-electron chi connectivity index (χ3n) is 9.25. The molecule has 0 aliphatic carbocycles.